The van der Waals surface area contributed by atoms with Crippen LogP contribution in [0.1, 0.15) is 23.7 Å². The SMILES string of the molecule is COCCN(CC(=O)N1N=C(c2cccn2C)C[C@H]1c1ccc(F)cc1)C(=O)Nc1ccccc1OC. The Morgan fingerprint density at radius 2 is 1.86 bits per heavy atom. The first-order chi connectivity index (χ1) is 17.9. The summed E-state index contributed by atoms with van der Waals surface area (Å²) < 4.78 is 26.0. The molecule has 0 unspecified atom stereocenters. The van der Waals surface area contributed by atoms with E-state index in [0.29, 0.717) is 17.9 Å². The Morgan fingerprint density at radius 1 is 1.11 bits per heavy atom. The molecule has 1 N–H and O–H groups in total. The molecule has 1 atom stereocenters. The van der Waals surface area contributed by atoms with Crippen molar-refractivity contribution in [3.8, 4) is 5.75 Å². The monoisotopic (exact) mass is 507 g/mol. The minimum Gasteiger partial charge on any atom is -0.495 e. The van der Waals surface area contributed by atoms with E-state index in [2.05, 4.69) is 10.4 Å². The number of halogens is 1. The highest BCUT2D eigenvalue weighted by atomic mass is 19.1. The van der Waals surface area contributed by atoms with Gasteiger partial charge in [-0.2, -0.15) is 5.10 Å². The van der Waals surface area contributed by atoms with Gasteiger partial charge in [0.15, 0.2) is 0 Å². The van der Waals surface area contributed by atoms with Gasteiger partial charge in [-0.05, 0) is 42.0 Å². The molecule has 0 bridgehead atoms. The van der Waals surface area contributed by atoms with Crippen LogP contribution in [0.4, 0.5) is 14.9 Å². The Bertz CT molecular complexity index is 1270. The number of anilines is 1. The van der Waals surface area contributed by atoms with E-state index in [9.17, 15) is 14.0 Å². The van der Waals surface area contributed by atoms with Gasteiger partial charge in [-0.25, -0.2) is 14.2 Å². The Balaban J connectivity index is 1.58. The molecule has 4 rings (SSSR count). The highest BCUT2D eigenvalue weighted by Crippen LogP contribution is 2.33. The van der Waals surface area contributed by atoms with E-state index in [1.54, 1.807) is 36.4 Å². The van der Waals surface area contributed by atoms with Crippen LogP contribution in [0.25, 0.3) is 0 Å². The van der Waals surface area contributed by atoms with Crippen molar-refractivity contribution in [3.05, 3.63) is 83.9 Å². The zero-order valence-electron chi connectivity index (χ0n) is 21.1. The van der Waals surface area contributed by atoms with Crippen LogP contribution < -0.4 is 10.1 Å². The fourth-order valence-corrected chi connectivity index (χ4v) is 4.23. The Hall–Kier alpha value is -4.18. The zero-order valence-corrected chi connectivity index (χ0v) is 21.1. The number of rotatable bonds is 9. The molecule has 3 amide bonds. The summed E-state index contributed by atoms with van der Waals surface area (Å²) in [6.45, 7) is 0.199. The van der Waals surface area contributed by atoms with Gasteiger partial charge in [-0.15, -0.1) is 0 Å². The number of nitrogens with zero attached hydrogens (tertiary/aromatic N) is 4. The number of hydrogen-bond donors (Lipinski definition) is 1. The molecule has 0 radical (unpaired) electrons. The van der Waals surface area contributed by atoms with Gasteiger partial charge in [0.1, 0.15) is 18.1 Å². The molecule has 0 spiro atoms. The number of para-hydroxylation sites is 2. The molecule has 2 aromatic carbocycles. The van der Waals surface area contributed by atoms with Gasteiger partial charge in [-0.3, -0.25) is 4.79 Å². The second kappa shape index (κ2) is 11.7. The zero-order chi connectivity index (χ0) is 26.4. The maximum atomic E-state index is 13.6. The third-order valence-corrected chi connectivity index (χ3v) is 6.19. The van der Waals surface area contributed by atoms with Crippen molar-refractivity contribution in [2.75, 3.05) is 39.2 Å². The van der Waals surface area contributed by atoms with Gasteiger partial charge in [0, 0.05) is 33.3 Å². The van der Waals surface area contributed by atoms with Crippen molar-refractivity contribution in [3.63, 3.8) is 0 Å². The minimum absolute atomic E-state index is 0.187. The molecule has 9 nitrogen and oxygen atoms in total. The largest absolute Gasteiger partial charge is 0.495 e. The van der Waals surface area contributed by atoms with E-state index < -0.39 is 12.1 Å². The van der Waals surface area contributed by atoms with Crippen LogP contribution in [-0.2, 0) is 16.6 Å². The highest BCUT2D eigenvalue weighted by Gasteiger charge is 2.35. The molecule has 0 aliphatic carbocycles. The maximum Gasteiger partial charge on any atom is 0.322 e. The summed E-state index contributed by atoms with van der Waals surface area (Å²) in [5.41, 5.74) is 2.86. The first-order valence-electron chi connectivity index (χ1n) is 11.9. The summed E-state index contributed by atoms with van der Waals surface area (Å²) in [5.74, 6) is -0.228. The fourth-order valence-electron chi connectivity index (χ4n) is 4.23. The van der Waals surface area contributed by atoms with Gasteiger partial charge >= 0.3 is 6.03 Å². The Morgan fingerprint density at radius 3 is 2.54 bits per heavy atom. The van der Waals surface area contributed by atoms with E-state index in [1.807, 2.05) is 29.9 Å². The van der Waals surface area contributed by atoms with E-state index in [1.165, 1.54) is 36.3 Å². The summed E-state index contributed by atoms with van der Waals surface area (Å²) in [6.07, 6.45) is 2.37. The van der Waals surface area contributed by atoms with Crippen molar-refractivity contribution in [2.24, 2.45) is 12.1 Å². The van der Waals surface area contributed by atoms with Crippen molar-refractivity contribution >= 4 is 23.3 Å². The molecule has 2 heterocycles. The molecule has 3 aromatic rings. The number of hydrazone groups is 1. The molecule has 1 aromatic heterocycles. The third-order valence-electron chi connectivity index (χ3n) is 6.19. The first kappa shape index (κ1) is 25.9. The van der Waals surface area contributed by atoms with Crippen molar-refractivity contribution in [1.82, 2.24) is 14.5 Å². The Kier molecular flexibility index (Phi) is 8.19. The summed E-state index contributed by atoms with van der Waals surface area (Å²) in [4.78, 5) is 28.1. The lowest BCUT2D eigenvalue weighted by Crippen LogP contribution is -2.44. The number of nitrogens with one attached hydrogen (secondary N) is 1. The van der Waals surface area contributed by atoms with Crippen LogP contribution >= 0.6 is 0 Å². The summed E-state index contributed by atoms with van der Waals surface area (Å²) >= 11 is 0. The number of carbonyl (C=O) groups is 2. The predicted octanol–water partition coefficient (Wildman–Crippen LogP) is 4.03. The lowest BCUT2D eigenvalue weighted by molar-refractivity contribution is -0.133. The van der Waals surface area contributed by atoms with Crippen LogP contribution in [0.5, 0.6) is 5.75 Å². The normalized spacial score (nSPS) is 14.9. The highest BCUT2D eigenvalue weighted by molar-refractivity contribution is 6.02. The van der Waals surface area contributed by atoms with E-state index >= 15 is 0 Å². The number of amides is 3. The fraction of sp³-hybridized carbons (Fsp3) is 0.296. The number of aromatic nitrogens is 1. The number of urea groups is 1. The quantitative estimate of drug-likeness (QED) is 0.474. The molecular formula is C27H30FN5O4. The lowest BCUT2D eigenvalue weighted by atomic mass is 10.0. The summed E-state index contributed by atoms with van der Waals surface area (Å²) in [6, 6.07) is 16.0. The van der Waals surface area contributed by atoms with Crippen molar-refractivity contribution in [1.29, 1.82) is 0 Å². The van der Waals surface area contributed by atoms with E-state index in [-0.39, 0.29) is 31.4 Å². The molecule has 10 heteroatoms. The van der Waals surface area contributed by atoms with Crippen LogP contribution in [0.2, 0.25) is 0 Å². The van der Waals surface area contributed by atoms with Gasteiger partial charge in [-0.1, -0.05) is 24.3 Å². The van der Waals surface area contributed by atoms with Crippen LogP contribution in [0.3, 0.4) is 0 Å². The molecule has 0 fully saturated rings. The number of carbonyl (C=O) groups excluding carboxylic acids is 2. The molecule has 1 aliphatic rings. The molecule has 194 valence electrons. The van der Waals surface area contributed by atoms with Gasteiger partial charge in [0.05, 0.1) is 36.9 Å². The van der Waals surface area contributed by atoms with Crippen molar-refractivity contribution in [2.45, 2.75) is 12.5 Å². The molecule has 0 saturated heterocycles. The molecule has 0 saturated carbocycles. The maximum absolute atomic E-state index is 13.6. The average Bonchev–Trinajstić information content (AvgIpc) is 3.53. The van der Waals surface area contributed by atoms with E-state index in [4.69, 9.17) is 9.47 Å². The number of aryl methyl sites for hydroxylation is 1. The smallest absolute Gasteiger partial charge is 0.322 e. The summed E-state index contributed by atoms with van der Waals surface area (Å²) in [5, 5.41) is 8.86. The molecule has 1 aliphatic heterocycles. The number of methoxy groups -OCH3 is 2. The molecular weight excluding hydrogens is 477 g/mol. The van der Waals surface area contributed by atoms with Gasteiger partial charge in [0.25, 0.3) is 5.91 Å². The van der Waals surface area contributed by atoms with Crippen LogP contribution in [0.15, 0.2) is 72.0 Å². The lowest BCUT2D eigenvalue weighted by Gasteiger charge is -2.27. The van der Waals surface area contributed by atoms with Crippen molar-refractivity contribution < 1.29 is 23.5 Å². The van der Waals surface area contributed by atoms with Crippen LogP contribution in [-0.4, -0.2) is 66.0 Å². The molecule has 37 heavy (non-hydrogen) atoms. The number of hydrogen-bond acceptors (Lipinski definition) is 5. The minimum atomic E-state index is -0.473. The van der Waals surface area contributed by atoms with Gasteiger partial charge in [0.2, 0.25) is 0 Å². The topological polar surface area (TPSA) is 88.4 Å². The summed E-state index contributed by atoms with van der Waals surface area (Å²) in [7, 11) is 4.95. The second-order valence-electron chi connectivity index (χ2n) is 8.61. The average molecular weight is 508 g/mol. The Labute approximate surface area is 215 Å². The number of ether oxygens (including phenoxy) is 2. The van der Waals surface area contributed by atoms with E-state index in [0.717, 1.165) is 17.0 Å². The van der Waals surface area contributed by atoms with Crippen LogP contribution in [0, 0.1) is 5.82 Å². The van der Waals surface area contributed by atoms with Gasteiger partial charge < -0.3 is 24.3 Å². The number of benzene rings is 2. The third kappa shape index (κ3) is 5.97. The first-order valence-corrected chi connectivity index (χ1v) is 11.9. The standard InChI is InChI=1S/C27H30FN5O4/c1-31-14-6-8-23(31)22-17-24(19-10-12-20(28)13-11-19)33(30-22)26(34)18-32(15-16-36-2)27(35)29-21-7-4-5-9-25(21)37-3/h4-14,24H,15-18H2,1-3H3,(H,29,35)/t24-/m0/s1. The second-order valence-corrected chi connectivity index (χ2v) is 8.61. The predicted molar refractivity (Wildman–Crippen MR) is 138 cm³/mol.